The number of pyridine rings is 2. The van der Waals surface area contributed by atoms with Gasteiger partial charge < -0.3 is 10.1 Å². The Balaban J connectivity index is 1.95. The zero-order valence-electron chi connectivity index (χ0n) is 16.3. The summed E-state index contributed by atoms with van der Waals surface area (Å²) < 4.78 is 6.60. The average Bonchev–Trinajstić information content (AvgIpc) is 2.78. The average molecular weight is 397 g/mol. The summed E-state index contributed by atoms with van der Waals surface area (Å²) in [4.78, 5) is 28.6. The minimum absolute atomic E-state index is 0.147. The maximum atomic E-state index is 12.8. The summed E-state index contributed by atoms with van der Waals surface area (Å²) in [5.41, 5.74) is 2.81. The lowest BCUT2D eigenvalue weighted by Crippen LogP contribution is -2.13. The quantitative estimate of drug-likeness (QED) is 0.401. The predicted molar refractivity (Wildman–Crippen MR) is 118 cm³/mol. The van der Waals surface area contributed by atoms with E-state index in [0.717, 1.165) is 11.4 Å². The van der Waals surface area contributed by atoms with E-state index < -0.39 is 5.97 Å². The van der Waals surface area contributed by atoms with Gasteiger partial charge in [-0.05, 0) is 36.4 Å². The molecule has 0 aliphatic rings. The Kier molecular flexibility index (Phi) is 5.39. The fourth-order valence-corrected chi connectivity index (χ4v) is 3.16. The van der Waals surface area contributed by atoms with Crippen molar-refractivity contribution in [3.8, 4) is 5.69 Å². The normalized spacial score (nSPS) is 11.0. The van der Waals surface area contributed by atoms with Crippen molar-refractivity contribution in [1.29, 1.82) is 0 Å². The first kappa shape index (κ1) is 19.1. The first-order chi connectivity index (χ1) is 14.7. The van der Waals surface area contributed by atoms with E-state index in [1.165, 1.54) is 19.4 Å². The number of methoxy groups -OCH3 is 1. The Hall–Kier alpha value is -4.19. The molecule has 2 aromatic carbocycles. The van der Waals surface area contributed by atoms with E-state index in [2.05, 4.69) is 15.0 Å². The van der Waals surface area contributed by atoms with Gasteiger partial charge in [0.25, 0.3) is 0 Å². The lowest BCUT2D eigenvalue weighted by atomic mass is 10.2. The minimum atomic E-state index is -0.475. The lowest BCUT2D eigenvalue weighted by Gasteiger charge is -2.18. The number of hydrogen-bond donors (Lipinski definition) is 1. The Bertz CT molecular complexity index is 1280. The van der Waals surface area contributed by atoms with Crippen molar-refractivity contribution in [2.45, 2.75) is 0 Å². The molecule has 0 saturated carbocycles. The first-order valence-electron chi connectivity index (χ1n) is 9.35. The molecular formula is C24H19N3O3. The van der Waals surface area contributed by atoms with E-state index in [0.29, 0.717) is 22.4 Å². The van der Waals surface area contributed by atoms with Crippen molar-refractivity contribution in [2.75, 3.05) is 12.4 Å². The van der Waals surface area contributed by atoms with E-state index in [-0.39, 0.29) is 5.43 Å². The zero-order chi connectivity index (χ0) is 20.9. The molecular weight excluding hydrogens is 378 g/mol. The smallest absolute Gasteiger partial charge is 0.330 e. The number of fused-ring (bicyclic) bond motifs is 1. The van der Waals surface area contributed by atoms with Crippen molar-refractivity contribution in [1.82, 2.24) is 9.55 Å². The fraction of sp³-hybridized carbons (Fsp3) is 0.0417. The van der Waals surface area contributed by atoms with Gasteiger partial charge in [-0.1, -0.05) is 36.4 Å². The molecule has 4 rings (SSSR count). The van der Waals surface area contributed by atoms with E-state index in [1.807, 2.05) is 65.2 Å². The monoisotopic (exact) mass is 397 g/mol. The van der Waals surface area contributed by atoms with Crippen LogP contribution in [0, 0.1) is 0 Å². The number of ether oxygens (including phenoxy) is 1. The molecule has 0 fully saturated rings. The summed E-state index contributed by atoms with van der Waals surface area (Å²) in [5.74, 6) is 0.149. The third-order valence-electron chi connectivity index (χ3n) is 4.57. The fourth-order valence-electron chi connectivity index (χ4n) is 3.16. The Morgan fingerprint density at radius 2 is 1.73 bits per heavy atom. The lowest BCUT2D eigenvalue weighted by molar-refractivity contribution is -0.134. The molecule has 6 nitrogen and oxygen atoms in total. The molecule has 0 saturated heterocycles. The van der Waals surface area contributed by atoms with Crippen molar-refractivity contribution in [3.63, 3.8) is 0 Å². The van der Waals surface area contributed by atoms with E-state index in [1.54, 1.807) is 18.2 Å². The van der Waals surface area contributed by atoms with Crippen LogP contribution in [0.4, 0.5) is 11.5 Å². The number of benzene rings is 2. The van der Waals surface area contributed by atoms with Gasteiger partial charge in [0.1, 0.15) is 5.82 Å². The van der Waals surface area contributed by atoms with Crippen molar-refractivity contribution < 1.29 is 9.53 Å². The number of anilines is 2. The van der Waals surface area contributed by atoms with Gasteiger partial charge in [-0.25, -0.2) is 4.79 Å². The third kappa shape index (κ3) is 3.98. The summed E-state index contributed by atoms with van der Waals surface area (Å²) in [6.07, 6.45) is 4.38. The van der Waals surface area contributed by atoms with Crippen LogP contribution in [0.3, 0.4) is 0 Å². The number of esters is 1. The molecule has 0 amide bonds. The summed E-state index contributed by atoms with van der Waals surface area (Å²) in [6.45, 7) is 0. The standard InChI is InChI=1S/C24H19N3O3/c1-30-24(29)13-12-18-14-21-20(16-25-18)22(28)15-23(26-17-8-4-2-5-9-17)27(21)19-10-6-3-7-11-19/h2-16,26H,1H3/b13-12+. The SMILES string of the molecule is COC(=O)/C=C/c1cc2c(cn1)c(=O)cc(Nc1ccccc1)n2-c1ccccc1. The number of hydrogen-bond acceptors (Lipinski definition) is 5. The molecule has 0 unspecified atom stereocenters. The summed E-state index contributed by atoms with van der Waals surface area (Å²) in [6, 6.07) is 22.7. The number of carbonyl (C=O) groups is 1. The molecule has 2 heterocycles. The molecule has 0 aliphatic carbocycles. The predicted octanol–water partition coefficient (Wildman–Crippen LogP) is 4.32. The Morgan fingerprint density at radius 3 is 2.43 bits per heavy atom. The van der Waals surface area contributed by atoms with Gasteiger partial charge in [-0.2, -0.15) is 0 Å². The highest BCUT2D eigenvalue weighted by Gasteiger charge is 2.12. The molecule has 1 N–H and O–H groups in total. The van der Waals surface area contributed by atoms with Gasteiger partial charge in [0.15, 0.2) is 5.43 Å². The second-order valence-corrected chi connectivity index (χ2v) is 6.54. The molecule has 6 heteroatoms. The van der Waals surface area contributed by atoms with E-state index in [9.17, 15) is 9.59 Å². The van der Waals surface area contributed by atoms with Gasteiger partial charge in [-0.3, -0.25) is 14.3 Å². The molecule has 0 aliphatic heterocycles. The second-order valence-electron chi connectivity index (χ2n) is 6.54. The number of nitrogens with one attached hydrogen (secondary N) is 1. The highest BCUT2D eigenvalue weighted by Crippen LogP contribution is 2.25. The van der Waals surface area contributed by atoms with Crippen LogP contribution in [0.1, 0.15) is 5.69 Å². The number of rotatable bonds is 5. The van der Waals surface area contributed by atoms with E-state index in [4.69, 9.17) is 0 Å². The topological polar surface area (TPSA) is 73.2 Å². The molecule has 2 aromatic heterocycles. The maximum absolute atomic E-state index is 12.8. The molecule has 0 spiro atoms. The van der Waals surface area contributed by atoms with Crippen molar-refractivity contribution >= 4 is 34.5 Å². The van der Waals surface area contributed by atoms with Crippen molar-refractivity contribution in [3.05, 3.63) is 101 Å². The Morgan fingerprint density at radius 1 is 1.03 bits per heavy atom. The van der Waals surface area contributed by atoms with Crippen LogP contribution in [0.5, 0.6) is 0 Å². The highest BCUT2D eigenvalue weighted by molar-refractivity contribution is 5.89. The van der Waals surface area contributed by atoms with Crippen LogP contribution in [-0.2, 0) is 9.53 Å². The Labute approximate surface area is 173 Å². The summed E-state index contributed by atoms with van der Waals surface area (Å²) in [5, 5.41) is 3.81. The van der Waals surface area contributed by atoms with E-state index >= 15 is 0 Å². The second kappa shape index (κ2) is 8.45. The number of para-hydroxylation sites is 2. The van der Waals surface area contributed by atoms with Gasteiger partial charge in [0.05, 0.1) is 23.7 Å². The van der Waals surface area contributed by atoms with Gasteiger partial charge in [0.2, 0.25) is 0 Å². The summed E-state index contributed by atoms with van der Waals surface area (Å²) >= 11 is 0. The number of nitrogens with zero attached hydrogens (tertiary/aromatic N) is 2. The van der Waals surface area contributed by atoms with Crippen LogP contribution < -0.4 is 10.7 Å². The number of aromatic nitrogens is 2. The minimum Gasteiger partial charge on any atom is -0.466 e. The van der Waals surface area contributed by atoms with Gasteiger partial charge in [-0.15, -0.1) is 0 Å². The molecule has 0 bridgehead atoms. The van der Waals surface area contributed by atoms with Crippen LogP contribution in [0.25, 0.3) is 22.7 Å². The number of carbonyl (C=O) groups excluding carboxylic acids is 1. The third-order valence-corrected chi connectivity index (χ3v) is 4.57. The molecule has 30 heavy (non-hydrogen) atoms. The van der Waals surface area contributed by atoms with Crippen LogP contribution >= 0.6 is 0 Å². The first-order valence-corrected chi connectivity index (χ1v) is 9.35. The van der Waals surface area contributed by atoms with Gasteiger partial charge >= 0.3 is 5.97 Å². The highest BCUT2D eigenvalue weighted by atomic mass is 16.5. The van der Waals surface area contributed by atoms with Gasteiger partial charge in [0, 0.05) is 29.7 Å². The molecule has 148 valence electrons. The summed E-state index contributed by atoms with van der Waals surface area (Å²) in [7, 11) is 1.31. The zero-order valence-corrected chi connectivity index (χ0v) is 16.3. The van der Waals surface area contributed by atoms with Crippen LogP contribution in [0.2, 0.25) is 0 Å². The molecule has 4 aromatic rings. The molecule has 0 atom stereocenters. The van der Waals surface area contributed by atoms with Crippen molar-refractivity contribution in [2.24, 2.45) is 0 Å². The molecule has 0 radical (unpaired) electrons. The van der Waals surface area contributed by atoms with Crippen LogP contribution in [-0.4, -0.2) is 22.6 Å². The van der Waals surface area contributed by atoms with Crippen LogP contribution in [0.15, 0.2) is 89.9 Å². The maximum Gasteiger partial charge on any atom is 0.330 e. The largest absolute Gasteiger partial charge is 0.466 e.